The Bertz CT molecular complexity index is 1750. The maximum Gasteiger partial charge on any atom is 0.416 e. The fourth-order valence-corrected chi connectivity index (χ4v) is 6.38. The number of anilines is 1. The van der Waals surface area contributed by atoms with Crippen molar-refractivity contribution in [1.82, 2.24) is 10.2 Å². The van der Waals surface area contributed by atoms with Gasteiger partial charge in [0.25, 0.3) is 10.0 Å². The average molecular weight is 658 g/mol. The Kier molecular flexibility index (Phi) is 10.6. The molecule has 4 aromatic carbocycles. The molecule has 7 nitrogen and oxygen atoms in total. The molecule has 0 saturated carbocycles. The molecule has 0 saturated heterocycles. The topological polar surface area (TPSA) is 86.8 Å². The van der Waals surface area contributed by atoms with Gasteiger partial charge in [-0.15, -0.1) is 0 Å². The third kappa shape index (κ3) is 8.43. The van der Waals surface area contributed by atoms with Crippen molar-refractivity contribution >= 4 is 39.1 Å². The van der Waals surface area contributed by atoms with E-state index in [1.54, 1.807) is 73.7 Å². The van der Waals surface area contributed by atoms with E-state index >= 15 is 0 Å². The van der Waals surface area contributed by atoms with Crippen LogP contribution in [0.3, 0.4) is 0 Å². The number of benzene rings is 4. The number of amides is 2. The molecule has 0 aromatic heterocycles. The molecular formula is C33H31ClF3N3O4S. The Morgan fingerprint density at radius 1 is 0.867 bits per heavy atom. The van der Waals surface area contributed by atoms with Gasteiger partial charge in [-0.25, -0.2) is 8.42 Å². The molecule has 0 unspecified atom stereocenters. The molecule has 0 aliphatic heterocycles. The van der Waals surface area contributed by atoms with Crippen molar-refractivity contribution in [2.24, 2.45) is 0 Å². The van der Waals surface area contributed by atoms with E-state index in [9.17, 15) is 31.2 Å². The van der Waals surface area contributed by atoms with Gasteiger partial charge >= 0.3 is 6.18 Å². The second-order valence-corrected chi connectivity index (χ2v) is 12.6. The molecule has 0 spiro atoms. The first-order valence-corrected chi connectivity index (χ1v) is 15.7. The average Bonchev–Trinajstić information content (AvgIpc) is 3.01. The van der Waals surface area contributed by atoms with E-state index < -0.39 is 46.2 Å². The first kappa shape index (κ1) is 33.5. The van der Waals surface area contributed by atoms with Gasteiger partial charge in [0.05, 0.1) is 16.1 Å². The summed E-state index contributed by atoms with van der Waals surface area (Å²) in [5.41, 5.74) is 0.611. The summed E-state index contributed by atoms with van der Waals surface area (Å²) in [6.45, 7) is 0.732. The summed E-state index contributed by atoms with van der Waals surface area (Å²) >= 11 is 6.20. The third-order valence-corrected chi connectivity index (χ3v) is 9.13. The van der Waals surface area contributed by atoms with E-state index in [4.69, 9.17) is 11.6 Å². The van der Waals surface area contributed by atoms with Gasteiger partial charge in [0.15, 0.2) is 0 Å². The normalized spacial score (nSPS) is 12.3. The Labute approximate surface area is 265 Å². The highest BCUT2D eigenvalue weighted by molar-refractivity contribution is 7.92. The highest BCUT2D eigenvalue weighted by atomic mass is 35.5. The van der Waals surface area contributed by atoms with Crippen LogP contribution in [0.25, 0.3) is 0 Å². The number of carbonyl (C=O) groups excluding carboxylic acids is 2. The lowest BCUT2D eigenvalue weighted by molar-refractivity contribution is -0.139. The maximum atomic E-state index is 14.3. The van der Waals surface area contributed by atoms with Crippen LogP contribution in [0.4, 0.5) is 18.9 Å². The van der Waals surface area contributed by atoms with Gasteiger partial charge in [0, 0.05) is 25.0 Å². The number of aryl methyl sites for hydroxylation is 1. The van der Waals surface area contributed by atoms with Crippen molar-refractivity contribution < 1.29 is 31.2 Å². The lowest BCUT2D eigenvalue weighted by atomic mass is 10.0. The lowest BCUT2D eigenvalue weighted by Crippen LogP contribution is -2.53. The smallest absolute Gasteiger partial charge is 0.357 e. The van der Waals surface area contributed by atoms with Crippen molar-refractivity contribution in [3.63, 3.8) is 0 Å². The van der Waals surface area contributed by atoms with Crippen LogP contribution in [0.2, 0.25) is 5.02 Å². The fourth-order valence-electron chi connectivity index (χ4n) is 4.76. The number of halogens is 4. The molecule has 0 aliphatic rings. The fraction of sp³-hybridized carbons (Fsp3) is 0.212. The standard InChI is InChI=1S/C33H31ClF3N3O4S/c1-23-14-16-29(17-15-23)45(43,44)40(28-13-7-11-26(20-28)33(35,36)37)22-31(41)39(21-25-10-6-12-27(34)18-25)30(32(42)38-2)19-24-8-4-3-5-9-24/h3-18,20,30H,19,21-22H2,1-2H3,(H,38,42)/t30-/m1/s1. The molecule has 0 bridgehead atoms. The quantitative estimate of drug-likeness (QED) is 0.207. The summed E-state index contributed by atoms with van der Waals surface area (Å²) < 4.78 is 69.7. The predicted molar refractivity (Wildman–Crippen MR) is 167 cm³/mol. The van der Waals surface area contributed by atoms with Crippen LogP contribution in [0.1, 0.15) is 22.3 Å². The minimum atomic E-state index is -4.77. The Morgan fingerprint density at radius 2 is 1.51 bits per heavy atom. The number of carbonyl (C=O) groups is 2. The number of alkyl halides is 3. The second kappa shape index (κ2) is 14.2. The number of nitrogens with one attached hydrogen (secondary N) is 1. The Hall–Kier alpha value is -4.35. The first-order valence-electron chi connectivity index (χ1n) is 13.9. The number of rotatable bonds is 11. The van der Waals surface area contributed by atoms with Crippen LogP contribution in [0, 0.1) is 6.92 Å². The summed E-state index contributed by atoms with van der Waals surface area (Å²) in [4.78, 5) is 28.6. The molecule has 1 N–H and O–H groups in total. The van der Waals surface area contributed by atoms with Crippen molar-refractivity contribution in [2.45, 2.75) is 37.0 Å². The van der Waals surface area contributed by atoms with Crippen LogP contribution in [0.15, 0.2) is 108 Å². The number of hydrogen-bond donors (Lipinski definition) is 1. The number of likely N-dealkylation sites (N-methyl/N-ethyl adjacent to an activating group) is 1. The molecule has 0 aliphatic carbocycles. The van der Waals surface area contributed by atoms with E-state index in [0.717, 1.165) is 23.3 Å². The molecule has 2 amide bonds. The summed E-state index contributed by atoms with van der Waals surface area (Å²) in [6, 6.07) is 24.0. The van der Waals surface area contributed by atoms with Gasteiger partial charge in [-0.05, 0) is 60.5 Å². The summed E-state index contributed by atoms with van der Waals surface area (Å²) in [7, 11) is -3.14. The number of nitrogens with zero attached hydrogens (tertiary/aromatic N) is 2. The largest absolute Gasteiger partial charge is 0.416 e. The highest BCUT2D eigenvalue weighted by Gasteiger charge is 2.36. The van der Waals surface area contributed by atoms with Crippen LogP contribution in [0.5, 0.6) is 0 Å². The predicted octanol–water partition coefficient (Wildman–Crippen LogP) is 6.25. The minimum Gasteiger partial charge on any atom is -0.357 e. The molecule has 12 heteroatoms. The molecule has 0 fully saturated rings. The van der Waals surface area contributed by atoms with Gasteiger partial charge in [0.1, 0.15) is 12.6 Å². The second-order valence-electron chi connectivity index (χ2n) is 10.3. The van der Waals surface area contributed by atoms with Crippen molar-refractivity contribution in [1.29, 1.82) is 0 Å². The highest BCUT2D eigenvalue weighted by Crippen LogP contribution is 2.33. The monoisotopic (exact) mass is 657 g/mol. The first-order chi connectivity index (χ1) is 21.3. The van der Waals surface area contributed by atoms with E-state index in [-0.39, 0.29) is 23.5 Å². The lowest BCUT2D eigenvalue weighted by Gasteiger charge is -2.33. The van der Waals surface area contributed by atoms with Gasteiger partial charge in [0.2, 0.25) is 11.8 Å². The summed E-state index contributed by atoms with van der Waals surface area (Å²) in [5.74, 6) is -1.33. The molecule has 4 aromatic rings. The molecule has 0 heterocycles. The maximum absolute atomic E-state index is 14.3. The van der Waals surface area contributed by atoms with Gasteiger partial charge in [-0.3, -0.25) is 13.9 Å². The van der Waals surface area contributed by atoms with E-state index in [1.165, 1.54) is 30.1 Å². The summed E-state index contributed by atoms with van der Waals surface area (Å²) in [6.07, 6.45) is -4.68. The zero-order valence-electron chi connectivity index (χ0n) is 24.5. The number of sulfonamides is 1. The Balaban J connectivity index is 1.83. The molecule has 45 heavy (non-hydrogen) atoms. The molecule has 1 atom stereocenters. The Morgan fingerprint density at radius 3 is 2.13 bits per heavy atom. The SMILES string of the molecule is CNC(=O)[C@@H](Cc1ccccc1)N(Cc1cccc(Cl)c1)C(=O)CN(c1cccc(C(F)(F)F)c1)S(=O)(=O)c1ccc(C)cc1. The number of hydrogen-bond acceptors (Lipinski definition) is 4. The molecule has 0 radical (unpaired) electrons. The third-order valence-electron chi connectivity index (χ3n) is 7.11. The van der Waals surface area contributed by atoms with E-state index in [0.29, 0.717) is 21.0 Å². The zero-order chi connectivity index (χ0) is 32.8. The van der Waals surface area contributed by atoms with Crippen LogP contribution in [-0.2, 0) is 38.8 Å². The van der Waals surface area contributed by atoms with Gasteiger partial charge in [-0.1, -0.05) is 77.8 Å². The van der Waals surface area contributed by atoms with E-state index in [1.807, 2.05) is 0 Å². The van der Waals surface area contributed by atoms with Crippen LogP contribution >= 0.6 is 11.6 Å². The van der Waals surface area contributed by atoms with E-state index in [2.05, 4.69) is 5.32 Å². The van der Waals surface area contributed by atoms with Crippen LogP contribution in [-0.4, -0.2) is 44.8 Å². The van der Waals surface area contributed by atoms with Gasteiger partial charge < -0.3 is 10.2 Å². The summed E-state index contributed by atoms with van der Waals surface area (Å²) in [5, 5.41) is 2.95. The van der Waals surface area contributed by atoms with Crippen molar-refractivity contribution in [2.75, 3.05) is 17.9 Å². The molecule has 4 rings (SSSR count). The molecular weight excluding hydrogens is 627 g/mol. The zero-order valence-corrected chi connectivity index (χ0v) is 26.0. The van der Waals surface area contributed by atoms with Crippen LogP contribution < -0.4 is 9.62 Å². The van der Waals surface area contributed by atoms with Crippen molar-refractivity contribution in [3.8, 4) is 0 Å². The minimum absolute atomic E-state index is 0.0844. The molecule has 236 valence electrons. The van der Waals surface area contributed by atoms with Gasteiger partial charge in [-0.2, -0.15) is 13.2 Å². The van der Waals surface area contributed by atoms with Crippen molar-refractivity contribution in [3.05, 3.63) is 130 Å².